The first kappa shape index (κ1) is 13.6. The van der Waals surface area contributed by atoms with E-state index in [1.165, 1.54) is 18.4 Å². The Morgan fingerprint density at radius 1 is 1.23 bits per heavy atom. The molecule has 1 fully saturated rings. The maximum absolute atomic E-state index is 5.83. The highest BCUT2D eigenvalue weighted by Gasteiger charge is 2.27. The first-order valence-electron chi connectivity index (χ1n) is 7.84. The van der Waals surface area contributed by atoms with Gasteiger partial charge in [-0.2, -0.15) is 5.10 Å². The molecule has 116 valence electrons. The molecule has 3 heterocycles. The molecule has 2 aliphatic rings. The fourth-order valence-corrected chi connectivity index (χ4v) is 3.33. The van der Waals surface area contributed by atoms with Gasteiger partial charge in [0, 0.05) is 18.2 Å². The number of para-hydroxylation sites is 1. The molecule has 0 amide bonds. The van der Waals surface area contributed by atoms with Crippen LogP contribution in [-0.2, 0) is 13.1 Å². The van der Waals surface area contributed by atoms with E-state index in [0.29, 0.717) is 19.3 Å². The number of ether oxygens (including phenoxy) is 2. The Bertz CT molecular complexity index is 629. The molecule has 0 aliphatic carbocycles. The summed E-state index contributed by atoms with van der Waals surface area (Å²) < 4.78 is 13.4. The smallest absolute Gasteiger partial charge is 0.165 e. The van der Waals surface area contributed by atoms with Crippen molar-refractivity contribution in [2.45, 2.75) is 32.0 Å². The van der Waals surface area contributed by atoms with Gasteiger partial charge in [0.15, 0.2) is 11.5 Å². The van der Waals surface area contributed by atoms with Gasteiger partial charge in [0.25, 0.3) is 0 Å². The van der Waals surface area contributed by atoms with Crippen LogP contribution in [0.5, 0.6) is 11.5 Å². The number of fused-ring (bicyclic) bond motifs is 1. The lowest BCUT2D eigenvalue weighted by Crippen LogP contribution is -2.33. The molecule has 2 aliphatic heterocycles. The van der Waals surface area contributed by atoms with Crippen LogP contribution < -0.4 is 9.47 Å². The van der Waals surface area contributed by atoms with Gasteiger partial charge in [0.1, 0.15) is 25.9 Å². The molecule has 22 heavy (non-hydrogen) atoms. The molecular formula is C16H20N4O2. The maximum atomic E-state index is 5.83. The second-order valence-electron chi connectivity index (χ2n) is 5.83. The summed E-state index contributed by atoms with van der Waals surface area (Å²) in [5.41, 5.74) is 1.21. The van der Waals surface area contributed by atoms with Crippen molar-refractivity contribution < 1.29 is 9.47 Å². The van der Waals surface area contributed by atoms with Crippen molar-refractivity contribution in [2.75, 3.05) is 19.8 Å². The molecule has 1 aromatic heterocycles. The summed E-state index contributed by atoms with van der Waals surface area (Å²) in [6.45, 7) is 4.17. The summed E-state index contributed by atoms with van der Waals surface area (Å²) in [5.74, 6) is 1.79. The van der Waals surface area contributed by atoms with E-state index in [-0.39, 0.29) is 0 Å². The molecule has 6 heteroatoms. The molecule has 1 saturated heterocycles. The molecule has 0 N–H and O–H groups in total. The van der Waals surface area contributed by atoms with E-state index in [9.17, 15) is 0 Å². The lowest BCUT2D eigenvalue weighted by Gasteiger charge is -2.27. The van der Waals surface area contributed by atoms with Crippen LogP contribution in [0.1, 0.15) is 18.4 Å². The fraction of sp³-hybridized carbons (Fsp3) is 0.500. The van der Waals surface area contributed by atoms with Crippen molar-refractivity contribution in [3.8, 4) is 11.5 Å². The standard InChI is InChI=1S/C16H20N4O2/c1-3-13(16-15(5-1)21-7-8-22-16)9-19-6-2-4-14(19)10-20-12-17-11-18-20/h1,3,5,11-12,14H,2,4,6-10H2/t14-/m1/s1. The van der Waals surface area contributed by atoms with Gasteiger partial charge in [0.05, 0.1) is 6.54 Å². The highest BCUT2D eigenvalue weighted by molar-refractivity contribution is 5.47. The molecule has 0 saturated carbocycles. The lowest BCUT2D eigenvalue weighted by atomic mass is 10.1. The first-order valence-corrected chi connectivity index (χ1v) is 7.84. The number of likely N-dealkylation sites (tertiary alicyclic amines) is 1. The predicted molar refractivity (Wildman–Crippen MR) is 80.9 cm³/mol. The van der Waals surface area contributed by atoms with Gasteiger partial charge < -0.3 is 9.47 Å². The normalized spacial score (nSPS) is 21.2. The Balaban J connectivity index is 1.50. The van der Waals surface area contributed by atoms with E-state index in [1.807, 2.05) is 16.8 Å². The number of hydrogen-bond donors (Lipinski definition) is 0. The van der Waals surface area contributed by atoms with E-state index >= 15 is 0 Å². The highest BCUT2D eigenvalue weighted by Crippen LogP contribution is 2.35. The molecule has 0 bridgehead atoms. The minimum Gasteiger partial charge on any atom is -0.486 e. The Morgan fingerprint density at radius 2 is 2.18 bits per heavy atom. The molecule has 0 unspecified atom stereocenters. The molecular weight excluding hydrogens is 280 g/mol. The largest absolute Gasteiger partial charge is 0.486 e. The van der Waals surface area contributed by atoms with Crippen molar-refractivity contribution in [1.29, 1.82) is 0 Å². The predicted octanol–water partition coefficient (Wildman–Crippen LogP) is 1.71. The molecule has 1 aromatic carbocycles. The fourth-order valence-electron chi connectivity index (χ4n) is 3.33. The van der Waals surface area contributed by atoms with Crippen molar-refractivity contribution in [1.82, 2.24) is 19.7 Å². The van der Waals surface area contributed by atoms with Gasteiger partial charge in [-0.1, -0.05) is 12.1 Å². The first-order chi connectivity index (χ1) is 10.9. The number of hydrogen-bond acceptors (Lipinski definition) is 5. The van der Waals surface area contributed by atoms with Crippen LogP contribution >= 0.6 is 0 Å². The summed E-state index contributed by atoms with van der Waals surface area (Å²) in [6, 6.07) is 6.67. The summed E-state index contributed by atoms with van der Waals surface area (Å²) in [5, 5.41) is 4.23. The van der Waals surface area contributed by atoms with Crippen molar-refractivity contribution >= 4 is 0 Å². The van der Waals surface area contributed by atoms with E-state index in [1.54, 1.807) is 12.7 Å². The zero-order chi connectivity index (χ0) is 14.8. The second-order valence-corrected chi connectivity index (χ2v) is 5.83. The van der Waals surface area contributed by atoms with E-state index in [2.05, 4.69) is 21.0 Å². The second kappa shape index (κ2) is 5.96. The van der Waals surface area contributed by atoms with Gasteiger partial charge in [-0.3, -0.25) is 9.58 Å². The summed E-state index contributed by atoms with van der Waals surface area (Å²) in [6.07, 6.45) is 5.81. The minimum atomic E-state index is 0.502. The SMILES string of the molecule is c1cc(CN2CCC[C@@H]2Cn2cncn2)c2c(c1)OCCO2. The van der Waals surface area contributed by atoms with Crippen LogP contribution in [0.4, 0.5) is 0 Å². The van der Waals surface area contributed by atoms with Crippen LogP contribution in [0.25, 0.3) is 0 Å². The lowest BCUT2D eigenvalue weighted by molar-refractivity contribution is 0.164. The number of rotatable bonds is 4. The van der Waals surface area contributed by atoms with Crippen LogP contribution in [0.15, 0.2) is 30.9 Å². The summed E-state index contributed by atoms with van der Waals surface area (Å²) in [7, 11) is 0. The van der Waals surface area contributed by atoms with Crippen LogP contribution in [0, 0.1) is 0 Å². The van der Waals surface area contributed by atoms with E-state index < -0.39 is 0 Å². The third-order valence-electron chi connectivity index (χ3n) is 4.38. The van der Waals surface area contributed by atoms with Gasteiger partial charge in [-0.15, -0.1) is 0 Å². The van der Waals surface area contributed by atoms with E-state index in [0.717, 1.165) is 31.1 Å². The van der Waals surface area contributed by atoms with Gasteiger partial charge in [0.2, 0.25) is 0 Å². The number of benzene rings is 1. The van der Waals surface area contributed by atoms with Crippen LogP contribution in [0.2, 0.25) is 0 Å². The number of aromatic nitrogens is 3. The third kappa shape index (κ3) is 2.66. The Labute approximate surface area is 129 Å². The molecule has 4 rings (SSSR count). The zero-order valence-corrected chi connectivity index (χ0v) is 12.5. The molecule has 0 spiro atoms. The Hall–Kier alpha value is -2.08. The van der Waals surface area contributed by atoms with Gasteiger partial charge in [-0.05, 0) is 25.5 Å². The average molecular weight is 300 g/mol. The van der Waals surface area contributed by atoms with Gasteiger partial charge >= 0.3 is 0 Å². The third-order valence-corrected chi connectivity index (χ3v) is 4.38. The quantitative estimate of drug-likeness (QED) is 0.860. The van der Waals surface area contributed by atoms with Gasteiger partial charge in [-0.25, -0.2) is 4.98 Å². The summed E-state index contributed by atoms with van der Waals surface area (Å²) >= 11 is 0. The zero-order valence-electron chi connectivity index (χ0n) is 12.5. The maximum Gasteiger partial charge on any atom is 0.165 e. The monoisotopic (exact) mass is 300 g/mol. The summed E-state index contributed by atoms with van der Waals surface area (Å²) in [4.78, 5) is 6.54. The minimum absolute atomic E-state index is 0.502. The van der Waals surface area contributed by atoms with Crippen molar-refractivity contribution in [3.63, 3.8) is 0 Å². The molecule has 2 aromatic rings. The van der Waals surface area contributed by atoms with Crippen molar-refractivity contribution in [2.24, 2.45) is 0 Å². The molecule has 0 radical (unpaired) electrons. The Morgan fingerprint density at radius 3 is 3.09 bits per heavy atom. The highest BCUT2D eigenvalue weighted by atomic mass is 16.6. The number of nitrogens with zero attached hydrogens (tertiary/aromatic N) is 4. The van der Waals surface area contributed by atoms with Crippen molar-refractivity contribution in [3.05, 3.63) is 36.4 Å². The molecule has 1 atom stereocenters. The van der Waals surface area contributed by atoms with E-state index in [4.69, 9.17) is 9.47 Å². The van der Waals surface area contributed by atoms with Crippen LogP contribution in [-0.4, -0.2) is 45.5 Å². The van der Waals surface area contributed by atoms with Crippen LogP contribution in [0.3, 0.4) is 0 Å². The average Bonchev–Trinajstić information content (AvgIpc) is 3.21. The topological polar surface area (TPSA) is 52.4 Å². The Kier molecular flexibility index (Phi) is 3.68. The molecule has 6 nitrogen and oxygen atoms in total.